The lowest BCUT2D eigenvalue weighted by atomic mass is 10.1. The van der Waals surface area contributed by atoms with E-state index < -0.39 is 6.61 Å². The summed E-state index contributed by atoms with van der Waals surface area (Å²) in [7, 11) is 1.73. The molecule has 0 N–H and O–H groups in total. The number of carbonyl (C=O) groups excluding carboxylic acids is 1. The molecule has 3 nitrogen and oxygen atoms in total. The van der Waals surface area contributed by atoms with E-state index >= 15 is 0 Å². The Balaban J connectivity index is 1.74. The third-order valence-electron chi connectivity index (χ3n) is 3.95. The maximum Gasteiger partial charge on any atom is 0.387 e. The summed E-state index contributed by atoms with van der Waals surface area (Å²) in [5.41, 5.74) is 1.83. The third kappa shape index (κ3) is 3.79. The van der Waals surface area contributed by atoms with Crippen molar-refractivity contribution in [3.63, 3.8) is 0 Å². The highest BCUT2D eigenvalue weighted by Crippen LogP contribution is 2.31. The number of rotatable bonds is 5. The normalized spacial score (nSPS) is 11.1. The maximum absolute atomic E-state index is 12.8. The number of amides is 1. The van der Waals surface area contributed by atoms with Crippen LogP contribution in [0.3, 0.4) is 0 Å². The number of aryl methyl sites for hydroxylation is 1. The van der Waals surface area contributed by atoms with Gasteiger partial charge in [-0.2, -0.15) is 8.78 Å². The number of nitrogens with zero attached hydrogens (tertiary/aromatic N) is 1. The van der Waals surface area contributed by atoms with E-state index in [0.29, 0.717) is 6.54 Å². The van der Waals surface area contributed by atoms with Crippen molar-refractivity contribution in [3.8, 4) is 5.75 Å². The summed E-state index contributed by atoms with van der Waals surface area (Å²) in [6, 6.07) is 14.3. The molecule has 0 aliphatic carbocycles. The lowest BCUT2D eigenvalue weighted by Gasteiger charge is -2.17. The van der Waals surface area contributed by atoms with Crippen LogP contribution in [0.1, 0.15) is 20.8 Å². The molecule has 0 radical (unpaired) electrons. The summed E-state index contributed by atoms with van der Waals surface area (Å²) in [5.74, 6) is 0.0553. The molecule has 0 unspecified atom stereocenters. The van der Waals surface area contributed by atoms with Gasteiger partial charge in [0.25, 0.3) is 5.91 Å². The first-order valence-corrected chi connectivity index (χ1v) is 8.54. The Morgan fingerprint density at radius 2 is 1.84 bits per heavy atom. The topological polar surface area (TPSA) is 29.5 Å². The second kappa shape index (κ2) is 7.19. The van der Waals surface area contributed by atoms with Crippen LogP contribution in [0, 0.1) is 6.92 Å². The lowest BCUT2D eigenvalue weighted by Crippen LogP contribution is -2.25. The molecule has 3 aromatic rings. The van der Waals surface area contributed by atoms with Gasteiger partial charge in [0.1, 0.15) is 5.75 Å². The molecule has 0 spiro atoms. The quantitative estimate of drug-likeness (QED) is 0.634. The van der Waals surface area contributed by atoms with Crippen molar-refractivity contribution in [3.05, 3.63) is 64.5 Å². The summed E-state index contributed by atoms with van der Waals surface area (Å²) in [5, 5.41) is 1.10. The third-order valence-corrected chi connectivity index (χ3v) is 5.21. The van der Waals surface area contributed by atoms with Gasteiger partial charge in [-0.3, -0.25) is 4.79 Å². The largest absolute Gasteiger partial charge is 0.435 e. The van der Waals surface area contributed by atoms with Gasteiger partial charge in [0.2, 0.25) is 0 Å². The number of carbonyl (C=O) groups is 1. The standard InChI is InChI=1S/C19H17F2NO2S/c1-12-15-5-3-4-6-16(15)25-17(12)18(23)22(2)11-13-7-9-14(10-8-13)24-19(20)21/h3-10,19H,11H2,1-2H3. The molecule has 0 aliphatic heterocycles. The van der Waals surface area contributed by atoms with Gasteiger partial charge < -0.3 is 9.64 Å². The van der Waals surface area contributed by atoms with Crippen LogP contribution in [0.5, 0.6) is 5.75 Å². The SMILES string of the molecule is Cc1c(C(=O)N(C)Cc2ccc(OC(F)F)cc2)sc2ccccc12. The highest BCUT2D eigenvalue weighted by molar-refractivity contribution is 7.21. The van der Waals surface area contributed by atoms with E-state index in [9.17, 15) is 13.6 Å². The second-order valence-electron chi connectivity index (χ2n) is 5.74. The fourth-order valence-electron chi connectivity index (χ4n) is 2.67. The first-order chi connectivity index (χ1) is 12.0. The Morgan fingerprint density at radius 3 is 2.48 bits per heavy atom. The minimum Gasteiger partial charge on any atom is -0.435 e. The fourth-order valence-corrected chi connectivity index (χ4v) is 3.88. The summed E-state index contributed by atoms with van der Waals surface area (Å²) in [6.45, 7) is -0.497. The lowest BCUT2D eigenvalue weighted by molar-refractivity contribution is -0.0498. The van der Waals surface area contributed by atoms with Crippen molar-refractivity contribution in [2.75, 3.05) is 7.05 Å². The smallest absolute Gasteiger partial charge is 0.387 e. The van der Waals surface area contributed by atoms with Crippen LogP contribution in [0.4, 0.5) is 8.78 Å². The van der Waals surface area contributed by atoms with Gasteiger partial charge in [-0.1, -0.05) is 30.3 Å². The predicted molar refractivity (Wildman–Crippen MR) is 95.4 cm³/mol. The van der Waals surface area contributed by atoms with Crippen molar-refractivity contribution in [1.29, 1.82) is 0 Å². The summed E-state index contributed by atoms with van der Waals surface area (Å²) >= 11 is 1.49. The van der Waals surface area contributed by atoms with Crippen LogP contribution in [-0.2, 0) is 6.54 Å². The number of benzene rings is 2. The van der Waals surface area contributed by atoms with Gasteiger partial charge in [-0.15, -0.1) is 11.3 Å². The van der Waals surface area contributed by atoms with Crippen molar-refractivity contribution in [2.45, 2.75) is 20.1 Å². The van der Waals surface area contributed by atoms with Gasteiger partial charge in [-0.25, -0.2) is 0 Å². The van der Waals surface area contributed by atoms with Crippen LogP contribution in [0.25, 0.3) is 10.1 Å². The van der Waals surface area contributed by atoms with Gasteiger partial charge in [0.15, 0.2) is 0 Å². The number of hydrogen-bond donors (Lipinski definition) is 0. The molecule has 2 aromatic carbocycles. The van der Waals surface area contributed by atoms with E-state index in [4.69, 9.17) is 0 Å². The summed E-state index contributed by atoms with van der Waals surface area (Å²) in [4.78, 5) is 15.1. The van der Waals surface area contributed by atoms with E-state index in [-0.39, 0.29) is 11.7 Å². The number of halogens is 2. The molecule has 130 valence electrons. The Kier molecular flexibility index (Phi) is 4.99. The number of ether oxygens (including phenoxy) is 1. The highest BCUT2D eigenvalue weighted by Gasteiger charge is 2.19. The van der Waals surface area contributed by atoms with Gasteiger partial charge >= 0.3 is 6.61 Å². The average Bonchev–Trinajstić information content (AvgIpc) is 2.93. The van der Waals surface area contributed by atoms with Crippen LogP contribution in [-0.4, -0.2) is 24.5 Å². The van der Waals surface area contributed by atoms with Crippen LogP contribution in [0.15, 0.2) is 48.5 Å². The zero-order chi connectivity index (χ0) is 18.0. The first-order valence-electron chi connectivity index (χ1n) is 7.73. The number of alkyl halides is 2. The van der Waals surface area contributed by atoms with Crippen molar-refractivity contribution < 1.29 is 18.3 Å². The molecule has 0 bridgehead atoms. The van der Waals surface area contributed by atoms with E-state index in [2.05, 4.69) is 4.74 Å². The number of thiophene rings is 1. The molecule has 0 atom stereocenters. The monoisotopic (exact) mass is 361 g/mol. The molecule has 3 rings (SSSR count). The highest BCUT2D eigenvalue weighted by atomic mass is 32.1. The Hall–Kier alpha value is -2.47. The molecular weight excluding hydrogens is 344 g/mol. The fraction of sp³-hybridized carbons (Fsp3) is 0.211. The van der Waals surface area contributed by atoms with E-state index in [1.807, 2.05) is 31.2 Å². The average molecular weight is 361 g/mol. The summed E-state index contributed by atoms with van der Waals surface area (Å²) < 4.78 is 29.8. The molecule has 6 heteroatoms. The second-order valence-corrected chi connectivity index (χ2v) is 6.79. The van der Waals surface area contributed by atoms with Crippen LogP contribution in [0.2, 0.25) is 0 Å². The minimum absolute atomic E-state index is 0.0494. The molecule has 1 amide bonds. The van der Waals surface area contributed by atoms with Crippen LogP contribution < -0.4 is 4.74 Å². The van der Waals surface area contributed by atoms with Gasteiger partial charge in [-0.05, 0) is 41.6 Å². The Labute approximate surface area is 148 Å². The minimum atomic E-state index is -2.84. The molecule has 1 heterocycles. The molecule has 0 saturated carbocycles. The van der Waals surface area contributed by atoms with E-state index in [0.717, 1.165) is 26.1 Å². The zero-order valence-electron chi connectivity index (χ0n) is 13.8. The Bertz CT molecular complexity index is 890. The van der Waals surface area contributed by atoms with Crippen molar-refractivity contribution >= 4 is 27.3 Å². The zero-order valence-corrected chi connectivity index (χ0v) is 14.6. The molecular formula is C19H17F2NO2S. The van der Waals surface area contributed by atoms with Crippen molar-refractivity contribution in [1.82, 2.24) is 4.90 Å². The molecule has 25 heavy (non-hydrogen) atoms. The number of hydrogen-bond acceptors (Lipinski definition) is 3. The molecule has 0 fully saturated rings. The number of fused-ring (bicyclic) bond motifs is 1. The van der Waals surface area contributed by atoms with Gasteiger partial charge in [0, 0.05) is 18.3 Å². The maximum atomic E-state index is 12.8. The van der Waals surface area contributed by atoms with Crippen molar-refractivity contribution in [2.24, 2.45) is 0 Å². The first kappa shape index (κ1) is 17.4. The van der Waals surface area contributed by atoms with E-state index in [1.165, 1.54) is 23.5 Å². The predicted octanol–water partition coefficient (Wildman–Crippen LogP) is 5.08. The summed E-state index contributed by atoms with van der Waals surface area (Å²) in [6.07, 6.45) is 0. The molecule has 1 aromatic heterocycles. The van der Waals surface area contributed by atoms with Gasteiger partial charge in [0.05, 0.1) is 4.88 Å². The molecule has 0 aliphatic rings. The molecule has 0 saturated heterocycles. The van der Waals surface area contributed by atoms with Crippen LogP contribution >= 0.6 is 11.3 Å². The Morgan fingerprint density at radius 1 is 1.16 bits per heavy atom. The van der Waals surface area contributed by atoms with E-state index in [1.54, 1.807) is 24.1 Å².